The molecule has 0 aliphatic carbocycles. The second-order valence-electron chi connectivity index (χ2n) is 6.50. The summed E-state index contributed by atoms with van der Waals surface area (Å²) in [7, 11) is 0. The Hall–Kier alpha value is -3.45. The highest BCUT2D eigenvalue weighted by Crippen LogP contribution is 2.21. The summed E-state index contributed by atoms with van der Waals surface area (Å²) in [6.07, 6.45) is 1.74. The zero-order chi connectivity index (χ0) is 20.2. The van der Waals surface area contributed by atoms with Crippen molar-refractivity contribution in [1.82, 2.24) is 25.0 Å². The van der Waals surface area contributed by atoms with Crippen molar-refractivity contribution in [2.45, 2.75) is 20.0 Å². The van der Waals surface area contributed by atoms with Crippen LogP contribution in [0.2, 0.25) is 5.02 Å². The molecule has 2 aromatic carbocycles. The summed E-state index contributed by atoms with van der Waals surface area (Å²) in [6, 6.07) is 16.9. The molecule has 8 heteroatoms. The van der Waals surface area contributed by atoms with Crippen molar-refractivity contribution in [2.75, 3.05) is 0 Å². The van der Waals surface area contributed by atoms with Gasteiger partial charge in [0.1, 0.15) is 18.1 Å². The van der Waals surface area contributed by atoms with Gasteiger partial charge in [0.2, 0.25) is 11.7 Å². The number of hydrogen-bond acceptors (Lipinski definition) is 5. The standard InChI is InChI=1S/C21H18ClN5O2/c1-14-24-18(20-25-21(29-26-20)16-7-3-2-4-8-16)12-27(14)13-19(28)23-11-15-6-5-9-17(22)10-15/h2-10,12H,11,13H2,1H3,(H,23,28). The number of hydrogen-bond donors (Lipinski definition) is 1. The third kappa shape index (κ3) is 4.52. The first-order valence-corrected chi connectivity index (χ1v) is 9.41. The molecule has 0 saturated heterocycles. The lowest BCUT2D eigenvalue weighted by Gasteiger charge is -2.07. The molecule has 4 rings (SSSR count). The molecule has 1 N–H and O–H groups in total. The molecular formula is C21H18ClN5O2. The van der Waals surface area contributed by atoms with Gasteiger partial charge in [-0.05, 0) is 36.8 Å². The van der Waals surface area contributed by atoms with Gasteiger partial charge in [0.15, 0.2) is 0 Å². The van der Waals surface area contributed by atoms with Crippen LogP contribution in [0.15, 0.2) is 65.3 Å². The number of carbonyl (C=O) groups excluding carboxylic acids is 1. The molecule has 0 aliphatic heterocycles. The van der Waals surface area contributed by atoms with Gasteiger partial charge >= 0.3 is 0 Å². The minimum absolute atomic E-state index is 0.130. The maximum atomic E-state index is 12.3. The molecule has 7 nitrogen and oxygen atoms in total. The molecule has 0 spiro atoms. The molecule has 0 radical (unpaired) electrons. The number of aryl methyl sites for hydroxylation is 1. The number of nitrogens with one attached hydrogen (secondary N) is 1. The largest absolute Gasteiger partial charge is 0.350 e. The number of amides is 1. The smallest absolute Gasteiger partial charge is 0.258 e. The van der Waals surface area contributed by atoms with E-state index in [1.807, 2.05) is 55.5 Å². The van der Waals surface area contributed by atoms with Crippen LogP contribution in [0.25, 0.3) is 23.0 Å². The molecule has 0 atom stereocenters. The van der Waals surface area contributed by atoms with E-state index in [2.05, 4.69) is 20.4 Å². The molecule has 0 unspecified atom stereocenters. The zero-order valence-corrected chi connectivity index (χ0v) is 16.4. The minimum atomic E-state index is -0.130. The fourth-order valence-electron chi connectivity index (χ4n) is 2.86. The third-order valence-electron chi connectivity index (χ3n) is 4.34. The fraction of sp³-hybridized carbons (Fsp3) is 0.143. The number of benzene rings is 2. The van der Waals surface area contributed by atoms with Crippen molar-refractivity contribution in [1.29, 1.82) is 0 Å². The predicted octanol–water partition coefficient (Wildman–Crippen LogP) is 3.88. The van der Waals surface area contributed by atoms with Gasteiger partial charge in [-0.25, -0.2) is 4.98 Å². The number of rotatable bonds is 6. The van der Waals surface area contributed by atoms with Crippen molar-refractivity contribution in [3.8, 4) is 23.0 Å². The van der Waals surface area contributed by atoms with Crippen LogP contribution in [0.4, 0.5) is 0 Å². The Morgan fingerprint density at radius 2 is 1.97 bits per heavy atom. The lowest BCUT2D eigenvalue weighted by molar-refractivity contribution is -0.121. The highest BCUT2D eigenvalue weighted by molar-refractivity contribution is 6.30. The van der Waals surface area contributed by atoms with Crippen LogP contribution >= 0.6 is 11.6 Å². The van der Waals surface area contributed by atoms with Gasteiger partial charge in [-0.3, -0.25) is 4.79 Å². The van der Waals surface area contributed by atoms with Crippen LogP contribution in [0, 0.1) is 6.92 Å². The van der Waals surface area contributed by atoms with E-state index >= 15 is 0 Å². The van der Waals surface area contributed by atoms with E-state index in [1.54, 1.807) is 16.8 Å². The average Bonchev–Trinajstić information content (AvgIpc) is 3.35. The van der Waals surface area contributed by atoms with Crippen LogP contribution < -0.4 is 5.32 Å². The summed E-state index contributed by atoms with van der Waals surface area (Å²) in [5, 5.41) is 7.53. The first kappa shape index (κ1) is 18.9. The second kappa shape index (κ2) is 8.28. The van der Waals surface area contributed by atoms with E-state index in [1.165, 1.54) is 0 Å². The summed E-state index contributed by atoms with van der Waals surface area (Å²) in [6.45, 7) is 2.38. The van der Waals surface area contributed by atoms with Gasteiger partial charge in [0, 0.05) is 23.3 Å². The van der Waals surface area contributed by atoms with Gasteiger partial charge in [0.25, 0.3) is 5.89 Å². The Morgan fingerprint density at radius 1 is 1.14 bits per heavy atom. The van der Waals surface area contributed by atoms with E-state index in [0.29, 0.717) is 34.8 Å². The van der Waals surface area contributed by atoms with Crippen LogP contribution in [-0.4, -0.2) is 25.6 Å². The van der Waals surface area contributed by atoms with Crippen LogP contribution in [0.1, 0.15) is 11.4 Å². The first-order chi connectivity index (χ1) is 14.1. The number of imidazole rings is 1. The Labute approximate surface area is 172 Å². The SMILES string of the molecule is Cc1nc(-c2noc(-c3ccccc3)n2)cn1CC(=O)NCc1cccc(Cl)c1. The third-order valence-corrected chi connectivity index (χ3v) is 4.58. The minimum Gasteiger partial charge on any atom is -0.350 e. The van der Waals surface area contributed by atoms with Gasteiger partial charge < -0.3 is 14.4 Å². The van der Waals surface area contributed by atoms with Crippen LogP contribution in [0.3, 0.4) is 0 Å². The summed E-state index contributed by atoms with van der Waals surface area (Å²) in [5.74, 6) is 1.36. The Balaban J connectivity index is 1.43. The van der Waals surface area contributed by atoms with Gasteiger partial charge in [-0.15, -0.1) is 0 Å². The Bertz CT molecular complexity index is 1140. The molecule has 0 fully saturated rings. The topological polar surface area (TPSA) is 85.8 Å². The molecule has 0 aliphatic rings. The fourth-order valence-corrected chi connectivity index (χ4v) is 3.07. The maximum absolute atomic E-state index is 12.3. The molecule has 0 bridgehead atoms. The molecule has 2 aromatic heterocycles. The quantitative estimate of drug-likeness (QED) is 0.524. The highest BCUT2D eigenvalue weighted by atomic mass is 35.5. The van der Waals surface area contributed by atoms with E-state index in [4.69, 9.17) is 16.1 Å². The van der Waals surface area contributed by atoms with Crippen molar-refractivity contribution < 1.29 is 9.32 Å². The normalized spacial score (nSPS) is 10.8. The van der Waals surface area contributed by atoms with Crippen molar-refractivity contribution in [3.63, 3.8) is 0 Å². The van der Waals surface area contributed by atoms with E-state index in [9.17, 15) is 4.79 Å². The molecule has 0 saturated carbocycles. The number of halogens is 1. The zero-order valence-electron chi connectivity index (χ0n) is 15.7. The molecule has 146 valence electrons. The molecule has 1 amide bonds. The van der Waals surface area contributed by atoms with Crippen molar-refractivity contribution in [3.05, 3.63) is 77.2 Å². The van der Waals surface area contributed by atoms with Crippen molar-refractivity contribution in [2.24, 2.45) is 0 Å². The number of nitrogens with zero attached hydrogens (tertiary/aromatic N) is 4. The maximum Gasteiger partial charge on any atom is 0.258 e. The molecule has 4 aromatic rings. The highest BCUT2D eigenvalue weighted by Gasteiger charge is 2.15. The van der Waals surface area contributed by atoms with E-state index in [-0.39, 0.29) is 12.5 Å². The van der Waals surface area contributed by atoms with E-state index < -0.39 is 0 Å². The lowest BCUT2D eigenvalue weighted by atomic mass is 10.2. The Morgan fingerprint density at radius 3 is 2.76 bits per heavy atom. The van der Waals surface area contributed by atoms with Gasteiger partial charge in [-0.1, -0.05) is 47.1 Å². The van der Waals surface area contributed by atoms with Crippen LogP contribution in [-0.2, 0) is 17.9 Å². The van der Waals surface area contributed by atoms with Crippen LogP contribution in [0.5, 0.6) is 0 Å². The second-order valence-corrected chi connectivity index (χ2v) is 6.93. The summed E-state index contributed by atoms with van der Waals surface area (Å²) >= 11 is 5.97. The number of carbonyl (C=O) groups is 1. The average molecular weight is 408 g/mol. The van der Waals surface area contributed by atoms with Gasteiger partial charge in [-0.2, -0.15) is 4.98 Å². The molecule has 2 heterocycles. The molecule has 29 heavy (non-hydrogen) atoms. The van der Waals surface area contributed by atoms with E-state index in [0.717, 1.165) is 11.1 Å². The molecular weight excluding hydrogens is 390 g/mol. The van der Waals surface area contributed by atoms with Gasteiger partial charge in [0.05, 0.1) is 0 Å². The monoisotopic (exact) mass is 407 g/mol. The summed E-state index contributed by atoms with van der Waals surface area (Å²) in [4.78, 5) is 21.2. The first-order valence-electron chi connectivity index (χ1n) is 9.03. The Kier molecular flexibility index (Phi) is 5.39. The summed E-state index contributed by atoms with van der Waals surface area (Å²) < 4.78 is 7.08. The van der Waals surface area contributed by atoms with Crippen molar-refractivity contribution >= 4 is 17.5 Å². The predicted molar refractivity (Wildman–Crippen MR) is 109 cm³/mol. The summed E-state index contributed by atoms with van der Waals surface area (Å²) in [5.41, 5.74) is 2.33. The number of aromatic nitrogens is 4. The lowest BCUT2D eigenvalue weighted by Crippen LogP contribution is -2.27.